The van der Waals surface area contributed by atoms with E-state index >= 15 is 0 Å². The van der Waals surface area contributed by atoms with Crippen LogP contribution in [-0.2, 0) is 19.1 Å². The molecule has 0 N–H and O–H groups in total. The van der Waals surface area contributed by atoms with Crippen LogP contribution in [0.3, 0.4) is 0 Å². The van der Waals surface area contributed by atoms with E-state index in [4.69, 9.17) is 9.47 Å². The monoisotopic (exact) mass is 284 g/mol. The number of hydrogen-bond acceptors (Lipinski definition) is 4. The molecule has 0 amide bonds. The van der Waals surface area contributed by atoms with Crippen LogP contribution in [0.4, 0.5) is 0 Å². The van der Waals surface area contributed by atoms with Crippen molar-refractivity contribution in [3.05, 3.63) is 0 Å². The molecule has 4 nitrogen and oxygen atoms in total. The third kappa shape index (κ3) is 7.51. The van der Waals surface area contributed by atoms with Gasteiger partial charge in [0, 0.05) is 0 Å². The molecule has 4 heteroatoms. The minimum Gasteiger partial charge on any atom is -0.465 e. The molecule has 20 heavy (non-hydrogen) atoms. The van der Waals surface area contributed by atoms with Crippen LogP contribution in [0.1, 0.15) is 71.6 Å². The van der Waals surface area contributed by atoms with Crippen molar-refractivity contribution < 1.29 is 19.1 Å². The minimum absolute atomic E-state index is 0.0641. The van der Waals surface area contributed by atoms with E-state index in [2.05, 4.69) is 0 Å². The van der Waals surface area contributed by atoms with Gasteiger partial charge in [-0.3, -0.25) is 9.59 Å². The smallest absolute Gasteiger partial charge is 0.306 e. The summed E-state index contributed by atoms with van der Waals surface area (Å²) in [7, 11) is 0. The number of hydrogen-bond donors (Lipinski definition) is 0. The Balaban J connectivity index is 2.08. The lowest BCUT2D eigenvalue weighted by Crippen LogP contribution is -2.19. The van der Waals surface area contributed by atoms with Crippen LogP contribution in [0.2, 0.25) is 0 Å². The molecular weight excluding hydrogens is 256 g/mol. The number of ether oxygens (including phenoxy) is 2. The Labute approximate surface area is 122 Å². The van der Waals surface area contributed by atoms with E-state index in [9.17, 15) is 9.59 Å². The van der Waals surface area contributed by atoms with Gasteiger partial charge in [-0.2, -0.15) is 0 Å². The molecule has 1 rings (SSSR count). The molecule has 116 valence electrons. The number of carbonyl (C=O) groups is 2. The summed E-state index contributed by atoms with van der Waals surface area (Å²) in [5.41, 5.74) is 0. The Hall–Kier alpha value is -1.06. The van der Waals surface area contributed by atoms with Gasteiger partial charge in [0.25, 0.3) is 0 Å². The molecule has 0 heterocycles. The van der Waals surface area contributed by atoms with Crippen molar-refractivity contribution in [2.45, 2.75) is 77.7 Å². The van der Waals surface area contributed by atoms with Gasteiger partial charge in [-0.15, -0.1) is 0 Å². The lowest BCUT2D eigenvalue weighted by atomic mass is 9.90. The SMILES string of the molecule is CCCC(C)OC(=O)CCC(=O)OCC1CCCCC1. The lowest BCUT2D eigenvalue weighted by molar-refractivity contribution is -0.154. The molecule has 1 aliphatic rings. The average molecular weight is 284 g/mol. The highest BCUT2D eigenvalue weighted by Gasteiger charge is 2.16. The fourth-order valence-corrected chi connectivity index (χ4v) is 2.59. The van der Waals surface area contributed by atoms with Crippen LogP contribution in [0.25, 0.3) is 0 Å². The van der Waals surface area contributed by atoms with Crippen LogP contribution in [0.15, 0.2) is 0 Å². The Morgan fingerprint density at radius 2 is 1.75 bits per heavy atom. The molecule has 0 radical (unpaired) electrons. The number of rotatable bonds is 8. The van der Waals surface area contributed by atoms with Crippen LogP contribution in [0, 0.1) is 5.92 Å². The summed E-state index contributed by atoms with van der Waals surface area (Å²) in [6.45, 7) is 4.44. The molecule has 0 aromatic carbocycles. The standard InChI is InChI=1S/C16H28O4/c1-3-7-13(2)20-16(18)11-10-15(17)19-12-14-8-5-4-6-9-14/h13-14H,3-12H2,1-2H3. The third-order valence-corrected chi connectivity index (χ3v) is 3.77. The normalized spacial score (nSPS) is 17.5. The van der Waals surface area contributed by atoms with Crippen LogP contribution >= 0.6 is 0 Å². The molecule has 0 aliphatic heterocycles. The largest absolute Gasteiger partial charge is 0.465 e. The Bertz CT molecular complexity index is 295. The summed E-state index contributed by atoms with van der Waals surface area (Å²) in [6.07, 6.45) is 8.12. The molecule has 1 saturated carbocycles. The van der Waals surface area contributed by atoms with E-state index in [-0.39, 0.29) is 30.9 Å². The second-order valence-electron chi connectivity index (χ2n) is 5.78. The molecule has 0 spiro atoms. The van der Waals surface area contributed by atoms with Crippen molar-refractivity contribution in [2.24, 2.45) is 5.92 Å². The maximum absolute atomic E-state index is 11.6. The Morgan fingerprint density at radius 3 is 2.40 bits per heavy atom. The predicted molar refractivity (Wildman–Crippen MR) is 77.2 cm³/mol. The van der Waals surface area contributed by atoms with Crippen LogP contribution in [0.5, 0.6) is 0 Å². The summed E-state index contributed by atoms with van der Waals surface area (Å²) in [5.74, 6) is -0.0690. The van der Waals surface area contributed by atoms with Gasteiger partial charge in [0.1, 0.15) is 0 Å². The fourth-order valence-electron chi connectivity index (χ4n) is 2.59. The molecule has 0 aromatic rings. The molecule has 0 bridgehead atoms. The van der Waals surface area contributed by atoms with Gasteiger partial charge in [-0.25, -0.2) is 0 Å². The fraction of sp³-hybridized carbons (Fsp3) is 0.875. The number of esters is 2. The maximum Gasteiger partial charge on any atom is 0.306 e. The molecular formula is C16H28O4. The summed E-state index contributed by atoms with van der Waals surface area (Å²) >= 11 is 0. The van der Waals surface area contributed by atoms with E-state index in [0.717, 1.165) is 25.7 Å². The Morgan fingerprint density at radius 1 is 1.10 bits per heavy atom. The summed E-state index contributed by atoms with van der Waals surface area (Å²) < 4.78 is 10.4. The van der Waals surface area contributed by atoms with Crippen LogP contribution < -0.4 is 0 Å². The predicted octanol–water partition coefficient (Wildman–Crippen LogP) is 3.62. The quantitative estimate of drug-likeness (QED) is 0.639. The van der Waals surface area contributed by atoms with Crippen molar-refractivity contribution in [1.29, 1.82) is 0 Å². The van der Waals surface area contributed by atoms with Gasteiger partial charge >= 0.3 is 11.9 Å². The first-order valence-electron chi connectivity index (χ1n) is 7.97. The zero-order chi connectivity index (χ0) is 14.8. The topological polar surface area (TPSA) is 52.6 Å². The second kappa shape index (κ2) is 9.78. The van der Waals surface area contributed by atoms with Gasteiger partial charge in [-0.1, -0.05) is 32.6 Å². The lowest BCUT2D eigenvalue weighted by Gasteiger charge is -2.21. The van der Waals surface area contributed by atoms with Crippen molar-refractivity contribution >= 4 is 11.9 Å². The van der Waals surface area contributed by atoms with Crippen molar-refractivity contribution in [3.63, 3.8) is 0 Å². The third-order valence-electron chi connectivity index (χ3n) is 3.77. The highest BCUT2D eigenvalue weighted by atomic mass is 16.5. The minimum atomic E-state index is -0.305. The van der Waals surface area contributed by atoms with Crippen molar-refractivity contribution in [1.82, 2.24) is 0 Å². The summed E-state index contributed by atoms with van der Waals surface area (Å²) in [5, 5.41) is 0. The molecule has 0 aromatic heterocycles. The van der Waals surface area contributed by atoms with Gasteiger partial charge in [0.2, 0.25) is 0 Å². The summed E-state index contributed by atoms with van der Waals surface area (Å²) in [6, 6.07) is 0. The first-order valence-corrected chi connectivity index (χ1v) is 7.97. The average Bonchev–Trinajstić information content (AvgIpc) is 2.44. The highest BCUT2D eigenvalue weighted by molar-refractivity contribution is 5.77. The highest BCUT2D eigenvalue weighted by Crippen LogP contribution is 2.23. The summed E-state index contributed by atoms with van der Waals surface area (Å²) in [4.78, 5) is 23.1. The molecule has 1 unspecified atom stereocenters. The van der Waals surface area contributed by atoms with E-state index in [1.807, 2.05) is 13.8 Å². The number of carbonyl (C=O) groups excluding carboxylic acids is 2. The van der Waals surface area contributed by atoms with Gasteiger partial charge < -0.3 is 9.47 Å². The van der Waals surface area contributed by atoms with Crippen molar-refractivity contribution in [3.8, 4) is 0 Å². The molecule has 1 aliphatic carbocycles. The molecule has 1 fully saturated rings. The maximum atomic E-state index is 11.6. The van der Waals surface area contributed by atoms with E-state index in [0.29, 0.717) is 12.5 Å². The van der Waals surface area contributed by atoms with Gasteiger partial charge in [0.15, 0.2) is 0 Å². The first kappa shape index (κ1) is 17.0. The zero-order valence-corrected chi connectivity index (χ0v) is 12.9. The van der Waals surface area contributed by atoms with Crippen LogP contribution in [-0.4, -0.2) is 24.6 Å². The van der Waals surface area contributed by atoms with Crippen molar-refractivity contribution in [2.75, 3.05) is 6.61 Å². The Kier molecular flexibility index (Phi) is 8.31. The first-order chi connectivity index (χ1) is 9.61. The zero-order valence-electron chi connectivity index (χ0n) is 12.9. The van der Waals surface area contributed by atoms with E-state index in [1.165, 1.54) is 19.3 Å². The molecule has 1 atom stereocenters. The van der Waals surface area contributed by atoms with Gasteiger partial charge in [-0.05, 0) is 32.1 Å². The van der Waals surface area contributed by atoms with Gasteiger partial charge in [0.05, 0.1) is 25.6 Å². The van der Waals surface area contributed by atoms with E-state index in [1.54, 1.807) is 0 Å². The molecule has 0 saturated heterocycles. The second-order valence-corrected chi connectivity index (χ2v) is 5.78. The van der Waals surface area contributed by atoms with E-state index < -0.39 is 0 Å².